The fourth-order valence-electron chi connectivity index (χ4n) is 0.873. The Balaban J connectivity index is 3.83. The molecule has 0 aromatic rings. The minimum Gasteiger partial charge on any atom is -0.370 e. The summed E-state index contributed by atoms with van der Waals surface area (Å²) in [5.74, 6) is 0.651. The van der Waals surface area contributed by atoms with Crippen molar-refractivity contribution in [1.29, 1.82) is 0 Å². The molecule has 3 heteroatoms. The Morgan fingerprint density at radius 1 is 1.50 bits per heavy atom. The van der Waals surface area contributed by atoms with Crippen LogP contribution in [0.15, 0.2) is 4.99 Å². The lowest BCUT2D eigenvalue weighted by molar-refractivity contribution is 0.475. The van der Waals surface area contributed by atoms with Gasteiger partial charge in [-0.3, -0.25) is 4.99 Å². The minimum atomic E-state index is 0.286. The summed E-state index contributed by atoms with van der Waals surface area (Å²) in [5, 5.41) is 0. The fraction of sp³-hybridized carbons (Fsp3) is 0.889. The molecule has 0 rings (SSSR count). The van der Waals surface area contributed by atoms with Gasteiger partial charge in [0.15, 0.2) is 5.96 Å². The summed E-state index contributed by atoms with van der Waals surface area (Å²) in [4.78, 5) is 6.25. The van der Waals surface area contributed by atoms with E-state index in [1.165, 1.54) is 12.8 Å². The molecule has 0 saturated carbocycles. The van der Waals surface area contributed by atoms with Crippen LogP contribution in [0.3, 0.4) is 0 Å². The Hall–Kier alpha value is -0.730. The third kappa shape index (κ3) is 4.99. The second-order valence-corrected chi connectivity index (χ2v) is 3.36. The SMILES string of the molecule is CCCCN(C)C(N)=NC(C)C. The van der Waals surface area contributed by atoms with Crippen LogP contribution in [-0.4, -0.2) is 30.5 Å². The van der Waals surface area contributed by atoms with E-state index in [0.29, 0.717) is 5.96 Å². The van der Waals surface area contributed by atoms with Crippen LogP contribution in [0.4, 0.5) is 0 Å². The quantitative estimate of drug-likeness (QED) is 0.513. The van der Waals surface area contributed by atoms with Gasteiger partial charge in [0.25, 0.3) is 0 Å². The van der Waals surface area contributed by atoms with Crippen molar-refractivity contribution < 1.29 is 0 Å². The van der Waals surface area contributed by atoms with E-state index in [4.69, 9.17) is 5.73 Å². The van der Waals surface area contributed by atoms with Gasteiger partial charge in [0.1, 0.15) is 0 Å². The van der Waals surface area contributed by atoms with E-state index < -0.39 is 0 Å². The molecule has 0 bridgehead atoms. The largest absolute Gasteiger partial charge is 0.370 e. The van der Waals surface area contributed by atoms with Gasteiger partial charge in [0.05, 0.1) is 0 Å². The molecule has 72 valence electrons. The molecule has 0 aromatic heterocycles. The summed E-state index contributed by atoms with van der Waals surface area (Å²) in [6.07, 6.45) is 2.37. The normalized spacial score (nSPS) is 12.2. The summed E-state index contributed by atoms with van der Waals surface area (Å²) < 4.78 is 0. The van der Waals surface area contributed by atoms with Gasteiger partial charge in [-0.05, 0) is 20.3 Å². The zero-order valence-electron chi connectivity index (χ0n) is 8.67. The molecule has 0 atom stereocenters. The highest BCUT2D eigenvalue weighted by molar-refractivity contribution is 5.77. The number of aliphatic imine (C=N–C) groups is 1. The Morgan fingerprint density at radius 3 is 2.50 bits per heavy atom. The van der Waals surface area contributed by atoms with Crippen molar-refractivity contribution in [3.8, 4) is 0 Å². The van der Waals surface area contributed by atoms with Crippen LogP contribution in [-0.2, 0) is 0 Å². The van der Waals surface area contributed by atoms with Crippen LogP contribution < -0.4 is 5.73 Å². The number of nitrogens with two attached hydrogens (primary N) is 1. The molecule has 3 nitrogen and oxygen atoms in total. The molecular formula is C9H21N3. The molecular weight excluding hydrogens is 150 g/mol. The summed E-state index contributed by atoms with van der Waals surface area (Å²) >= 11 is 0. The maximum absolute atomic E-state index is 5.73. The topological polar surface area (TPSA) is 41.6 Å². The number of rotatable bonds is 4. The number of hydrogen-bond acceptors (Lipinski definition) is 1. The highest BCUT2D eigenvalue weighted by Crippen LogP contribution is 1.93. The van der Waals surface area contributed by atoms with Gasteiger partial charge in [0.2, 0.25) is 0 Å². The highest BCUT2D eigenvalue weighted by atomic mass is 15.2. The second kappa shape index (κ2) is 5.86. The predicted octanol–water partition coefficient (Wildman–Crippen LogP) is 1.44. The maximum atomic E-state index is 5.73. The van der Waals surface area contributed by atoms with Gasteiger partial charge in [-0.25, -0.2) is 0 Å². The van der Waals surface area contributed by atoms with Crippen LogP contribution in [0.5, 0.6) is 0 Å². The Kier molecular flexibility index (Phi) is 5.51. The fourth-order valence-corrected chi connectivity index (χ4v) is 0.873. The van der Waals surface area contributed by atoms with Crippen LogP contribution in [0.25, 0.3) is 0 Å². The molecule has 0 spiro atoms. The van der Waals surface area contributed by atoms with Gasteiger partial charge in [-0.15, -0.1) is 0 Å². The van der Waals surface area contributed by atoms with E-state index in [-0.39, 0.29) is 6.04 Å². The van der Waals surface area contributed by atoms with Gasteiger partial charge < -0.3 is 10.6 Å². The monoisotopic (exact) mass is 171 g/mol. The van der Waals surface area contributed by atoms with Crippen molar-refractivity contribution >= 4 is 5.96 Å². The van der Waals surface area contributed by atoms with Gasteiger partial charge in [0, 0.05) is 19.6 Å². The van der Waals surface area contributed by atoms with E-state index in [1.54, 1.807) is 0 Å². The zero-order chi connectivity index (χ0) is 9.56. The summed E-state index contributed by atoms with van der Waals surface area (Å²) in [6, 6.07) is 0.286. The van der Waals surface area contributed by atoms with Crippen molar-refractivity contribution in [3.05, 3.63) is 0 Å². The van der Waals surface area contributed by atoms with Crippen LogP contribution >= 0.6 is 0 Å². The van der Waals surface area contributed by atoms with Crippen molar-refractivity contribution in [1.82, 2.24) is 4.90 Å². The van der Waals surface area contributed by atoms with E-state index in [2.05, 4.69) is 11.9 Å². The predicted molar refractivity (Wildman–Crippen MR) is 54.3 cm³/mol. The molecule has 0 saturated heterocycles. The molecule has 0 aliphatic carbocycles. The highest BCUT2D eigenvalue weighted by Gasteiger charge is 2.00. The molecule has 0 aliphatic heterocycles. The number of nitrogens with zero attached hydrogens (tertiary/aromatic N) is 2. The molecule has 2 N–H and O–H groups in total. The third-order valence-electron chi connectivity index (χ3n) is 1.63. The molecule has 0 aromatic carbocycles. The summed E-state index contributed by atoms with van der Waals surface area (Å²) in [5.41, 5.74) is 5.73. The third-order valence-corrected chi connectivity index (χ3v) is 1.63. The molecule has 0 radical (unpaired) electrons. The molecule has 12 heavy (non-hydrogen) atoms. The first kappa shape index (κ1) is 11.3. The molecule has 0 unspecified atom stereocenters. The Bertz CT molecular complexity index is 141. The van der Waals surface area contributed by atoms with Crippen LogP contribution in [0.2, 0.25) is 0 Å². The van der Waals surface area contributed by atoms with E-state index in [0.717, 1.165) is 6.54 Å². The Morgan fingerprint density at radius 2 is 2.08 bits per heavy atom. The van der Waals surface area contributed by atoms with Crippen molar-refractivity contribution in [2.75, 3.05) is 13.6 Å². The maximum Gasteiger partial charge on any atom is 0.191 e. The first-order chi connectivity index (χ1) is 5.57. The zero-order valence-corrected chi connectivity index (χ0v) is 8.67. The smallest absolute Gasteiger partial charge is 0.191 e. The Labute approximate surface area is 75.7 Å². The first-order valence-corrected chi connectivity index (χ1v) is 4.62. The molecule has 0 fully saturated rings. The van der Waals surface area contributed by atoms with Crippen molar-refractivity contribution in [2.24, 2.45) is 10.7 Å². The first-order valence-electron chi connectivity index (χ1n) is 4.62. The lowest BCUT2D eigenvalue weighted by Gasteiger charge is -2.18. The van der Waals surface area contributed by atoms with Gasteiger partial charge in [-0.2, -0.15) is 0 Å². The van der Waals surface area contributed by atoms with E-state index in [9.17, 15) is 0 Å². The average Bonchev–Trinajstić information content (AvgIpc) is 1.98. The van der Waals surface area contributed by atoms with Crippen molar-refractivity contribution in [3.63, 3.8) is 0 Å². The van der Waals surface area contributed by atoms with Crippen molar-refractivity contribution in [2.45, 2.75) is 39.7 Å². The number of guanidine groups is 1. The van der Waals surface area contributed by atoms with Crippen LogP contribution in [0, 0.1) is 0 Å². The molecule has 0 amide bonds. The molecule has 0 heterocycles. The van der Waals surface area contributed by atoms with Crippen LogP contribution in [0.1, 0.15) is 33.6 Å². The second-order valence-electron chi connectivity index (χ2n) is 3.36. The van der Waals surface area contributed by atoms with Gasteiger partial charge in [-0.1, -0.05) is 13.3 Å². The summed E-state index contributed by atoms with van der Waals surface area (Å²) in [6.45, 7) is 7.23. The lowest BCUT2D eigenvalue weighted by atomic mass is 10.3. The van der Waals surface area contributed by atoms with E-state index >= 15 is 0 Å². The minimum absolute atomic E-state index is 0.286. The average molecular weight is 171 g/mol. The number of unbranched alkanes of at least 4 members (excludes halogenated alkanes) is 1. The lowest BCUT2D eigenvalue weighted by Crippen LogP contribution is -2.35. The molecule has 0 aliphatic rings. The van der Waals surface area contributed by atoms with Gasteiger partial charge >= 0.3 is 0 Å². The van der Waals surface area contributed by atoms with E-state index in [1.807, 2.05) is 25.8 Å². The number of hydrogen-bond donors (Lipinski definition) is 1. The standard InChI is InChI=1S/C9H21N3/c1-5-6-7-12(4)9(10)11-8(2)3/h8H,5-7H2,1-4H3,(H2,10,11). The summed E-state index contributed by atoms with van der Waals surface area (Å²) in [7, 11) is 1.98.